The van der Waals surface area contributed by atoms with Crippen LogP contribution in [0, 0.1) is 0 Å². The Bertz CT molecular complexity index is 431. The van der Waals surface area contributed by atoms with Gasteiger partial charge in [-0.2, -0.15) is 0 Å². The van der Waals surface area contributed by atoms with Crippen LogP contribution in [0.1, 0.15) is 5.56 Å². The van der Waals surface area contributed by atoms with Gasteiger partial charge in [0, 0.05) is 18.7 Å². The fourth-order valence-corrected chi connectivity index (χ4v) is 2.11. The van der Waals surface area contributed by atoms with Crippen LogP contribution >= 0.6 is 0 Å². The number of fused-ring (bicyclic) bond motifs is 1. The van der Waals surface area contributed by atoms with E-state index in [4.69, 9.17) is 9.47 Å². The van der Waals surface area contributed by atoms with E-state index < -0.39 is 0 Å². The van der Waals surface area contributed by atoms with Gasteiger partial charge in [-0.1, -0.05) is 6.07 Å². The molecule has 0 aromatic heterocycles. The van der Waals surface area contributed by atoms with Crippen molar-refractivity contribution in [3.05, 3.63) is 29.8 Å². The fraction of sp³-hybridized carbons (Fsp3) is 0.417. The highest BCUT2D eigenvalue weighted by Gasteiger charge is 2.35. The Kier molecular flexibility index (Phi) is 2.29. The summed E-state index contributed by atoms with van der Waals surface area (Å²) in [6, 6.07) is 8.10. The van der Waals surface area contributed by atoms with Crippen LogP contribution in [-0.2, 0) is 4.74 Å². The minimum atomic E-state index is 0.209. The van der Waals surface area contributed by atoms with E-state index in [9.17, 15) is 0 Å². The second-order valence-corrected chi connectivity index (χ2v) is 4.05. The molecule has 0 bridgehead atoms. The van der Waals surface area contributed by atoms with Crippen molar-refractivity contribution in [2.75, 3.05) is 20.2 Å². The first kappa shape index (κ1) is 9.66. The van der Waals surface area contributed by atoms with Crippen molar-refractivity contribution >= 4 is 5.90 Å². The zero-order chi connectivity index (χ0) is 11.0. The Labute approximate surface area is 94.3 Å². The molecule has 2 heterocycles. The van der Waals surface area contributed by atoms with E-state index in [0.29, 0.717) is 0 Å². The van der Waals surface area contributed by atoms with Crippen LogP contribution in [-0.4, -0.2) is 38.2 Å². The third-order valence-corrected chi connectivity index (χ3v) is 2.99. The minimum Gasteiger partial charge on any atom is -0.497 e. The number of methoxy groups -OCH3 is 1. The standard InChI is InChI=1S/C12H14N2O2/c1-15-9-4-2-3-8(5-9)12-14-10-6-13-7-11(10)16-12/h2-5,10-11,13H,6-7H2,1H3. The average Bonchev–Trinajstić information content (AvgIpc) is 2.89. The van der Waals surface area contributed by atoms with Gasteiger partial charge in [0.25, 0.3) is 0 Å². The molecule has 0 radical (unpaired) electrons. The molecule has 0 amide bonds. The summed E-state index contributed by atoms with van der Waals surface area (Å²) < 4.78 is 11.0. The predicted octanol–water partition coefficient (Wildman–Crippen LogP) is 0.812. The highest BCUT2D eigenvalue weighted by atomic mass is 16.5. The number of ether oxygens (including phenoxy) is 2. The van der Waals surface area contributed by atoms with Crippen LogP contribution in [0.15, 0.2) is 29.3 Å². The lowest BCUT2D eigenvalue weighted by Gasteiger charge is -2.08. The summed E-state index contributed by atoms with van der Waals surface area (Å²) in [7, 11) is 1.66. The fourth-order valence-electron chi connectivity index (χ4n) is 2.11. The number of nitrogens with zero attached hydrogens (tertiary/aromatic N) is 1. The molecule has 1 saturated heterocycles. The third kappa shape index (κ3) is 1.55. The molecule has 2 unspecified atom stereocenters. The first-order valence-electron chi connectivity index (χ1n) is 5.46. The summed E-state index contributed by atoms with van der Waals surface area (Å²) in [6.45, 7) is 1.81. The lowest BCUT2D eigenvalue weighted by Crippen LogP contribution is -2.20. The Balaban J connectivity index is 1.87. The van der Waals surface area contributed by atoms with Crippen LogP contribution in [0.2, 0.25) is 0 Å². The molecule has 2 aliphatic heterocycles. The lowest BCUT2D eigenvalue weighted by molar-refractivity contribution is 0.225. The molecule has 1 aromatic rings. The van der Waals surface area contributed by atoms with Crippen LogP contribution in [0.4, 0.5) is 0 Å². The van der Waals surface area contributed by atoms with E-state index >= 15 is 0 Å². The number of aliphatic imine (C=N–C) groups is 1. The van der Waals surface area contributed by atoms with Crippen LogP contribution in [0.5, 0.6) is 5.75 Å². The van der Waals surface area contributed by atoms with Crippen LogP contribution < -0.4 is 10.1 Å². The second-order valence-electron chi connectivity index (χ2n) is 4.05. The van der Waals surface area contributed by atoms with Gasteiger partial charge in [-0.3, -0.25) is 0 Å². The molecular weight excluding hydrogens is 204 g/mol. The lowest BCUT2D eigenvalue weighted by atomic mass is 10.2. The highest BCUT2D eigenvalue weighted by Crippen LogP contribution is 2.22. The van der Waals surface area contributed by atoms with E-state index in [1.54, 1.807) is 7.11 Å². The molecule has 1 fully saturated rings. The molecular formula is C12H14N2O2. The summed E-state index contributed by atoms with van der Waals surface area (Å²) >= 11 is 0. The molecule has 3 rings (SSSR count). The normalized spacial score (nSPS) is 27.2. The molecule has 4 nitrogen and oxygen atoms in total. The number of benzene rings is 1. The molecule has 16 heavy (non-hydrogen) atoms. The van der Waals surface area contributed by atoms with E-state index in [1.807, 2.05) is 24.3 Å². The first-order chi connectivity index (χ1) is 7.86. The van der Waals surface area contributed by atoms with Crippen molar-refractivity contribution in [3.8, 4) is 5.75 Å². The topological polar surface area (TPSA) is 42.8 Å². The maximum atomic E-state index is 5.80. The summed E-state index contributed by atoms with van der Waals surface area (Å²) in [4.78, 5) is 4.57. The van der Waals surface area contributed by atoms with Gasteiger partial charge < -0.3 is 14.8 Å². The minimum absolute atomic E-state index is 0.209. The molecule has 2 atom stereocenters. The van der Waals surface area contributed by atoms with Crippen LogP contribution in [0.3, 0.4) is 0 Å². The molecule has 4 heteroatoms. The van der Waals surface area contributed by atoms with E-state index in [2.05, 4.69) is 10.3 Å². The van der Waals surface area contributed by atoms with Crippen molar-refractivity contribution < 1.29 is 9.47 Å². The number of nitrogens with one attached hydrogen (secondary N) is 1. The molecule has 84 valence electrons. The van der Waals surface area contributed by atoms with Crippen molar-refractivity contribution in [2.45, 2.75) is 12.1 Å². The Morgan fingerprint density at radius 3 is 3.19 bits per heavy atom. The van der Waals surface area contributed by atoms with Gasteiger partial charge in [-0.25, -0.2) is 4.99 Å². The maximum absolute atomic E-state index is 5.80. The van der Waals surface area contributed by atoms with Gasteiger partial charge in [0.05, 0.1) is 7.11 Å². The number of hydrogen-bond acceptors (Lipinski definition) is 4. The van der Waals surface area contributed by atoms with Gasteiger partial charge in [0.2, 0.25) is 5.90 Å². The molecule has 0 spiro atoms. The van der Waals surface area contributed by atoms with Gasteiger partial charge in [-0.05, 0) is 18.2 Å². The molecule has 0 saturated carbocycles. The molecule has 1 aromatic carbocycles. The number of hydrogen-bond donors (Lipinski definition) is 1. The Morgan fingerprint density at radius 1 is 1.44 bits per heavy atom. The van der Waals surface area contributed by atoms with Gasteiger partial charge in [-0.15, -0.1) is 0 Å². The zero-order valence-corrected chi connectivity index (χ0v) is 9.14. The summed E-state index contributed by atoms with van der Waals surface area (Å²) in [6.07, 6.45) is 0.209. The number of rotatable bonds is 2. The van der Waals surface area contributed by atoms with Gasteiger partial charge >= 0.3 is 0 Å². The van der Waals surface area contributed by atoms with E-state index in [1.165, 1.54) is 0 Å². The first-order valence-corrected chi connectivity index (χ1v) is 5.46. The van der Waals surface area contributed by atoms with Gasteiger partial charge in [0.15, 0.2) is 0 Å². The Morgan fingerprint density at radius 2 is 2.38 bits per heavy atom. The van der Waals surface area contributed by atoms with Crippen LogP contribution in [0.25, 0.3) is 0 Å². The highest BCUT2D eigenvalue weighted by molar-refractivity contribution is 5.95. The summed E-state index contributed by atoms with van der Waals surface area (Å²) in [5.41, 5.74) is 0.994. The smallest absolute Gasteiger partial charge is 0.217 e. The molecule has 1 N–H and O–H groups in total. The van der Waals surface area contributed by atoms with Gasteiger partial charge in [0.1, 0.15) is 17.9 Å². The molecule has 2 aliphatic rings. The van der Waals surface area contributed by atoms with Crippen molar-refractivity contribution in [2.24, 2.45) is 4.99 Å². The van der Waals surface area contributed by atoms with E-state index in [0.717, 1.165) is 30.3 Å². The average molecular weight is 218 g/mol. The maximum Gasteiger partial charge on any atom is 0.217 e. The monoisotopic (exact) mass is 218 g/mol. The van der Waals surface area contributed by atoms with Crippen molar-refractivity contribution in [3.63, 3.8) is 0 Å². The van der Waals surface area contributed by atoms with Crippen molar-refractivity contribution in [1.82, 2.24) is 5.32 Å². The molecule has 0 aliphatic carbocycles. The SMILES string of the molecule is COc1cccc(C2=NC3CNCC3O2)c1. The van der Waals surface area contributed by atoms with Crippen molar-refractivity contribution in [1.29, 1.82) is 0 Å². The zero-order valence-electron chi connectivity index (χ0n) is 9.14. The third-order valence-electron chi connectivity index (χ3n) is 2.99. The Hall–Kier alpha value is -1.55. The quantitative estimate of drug-likeness (QED) is 0.799. The second kappa shape index (κ2) is 3.79. The summed E-state index contributed by atoms with van der Waals surface area (Å²) in [5.74, 6) is 1.58. The largest absolute Gasteiger partial charge is 0.497 e. The predicted molar refractivity (Wildman–Crippen MR) is 61.1 cm³/mol. The summed E-state index contributed by atoms with van der Waals surface area (Å²) in [5, 5.41) is 3.26. The van der Waals surface area contributed by atoms with E-state index in [-0.39, 0.29) is 12.1 Å².